The maximum atomic E-state index is 12.5. The van der Waals surface area contributed by atoms with E-state index in [2.05, 4.69) is 11.9 Å². The summed E-state index contributed by atoms with van der Waals surface area (Å²) in [7, 11) is 0. The zero-order valence-electron chi connectivity index (χ0n) is 14.7. The molecule has 1 aromatic carbocycles. The molecule has 26 heavy (non-hydrogen) atoms. The molecule has 8 heteroatoms. The van der Waals surface area contributed by atoms with Crippen LogP contribution >= 0.6 is 0 Å². The number of carbonyl (C=O) groups excluding carboxylic acids is 2. The summed E-state index contributed by atoms with van der Waals surface area (Å²) in [6.07, 6.45) is -1.23. The van der Waals surface area contributed by atoms with Crippen molar-refractivity contribution in [3.8, 4) is 0 Å². The van der Waals surface area contributed by atoms with E-state index >= 15 is 0 Å². The third kappa shape index (κ3) is 5.26. The molecule has 0 spiro atoms. The second-order valence-corrected chi connectivity index (χ2v) is 5.82. The van der Waals surface area contributed by atoms with Crippen LogP contribution in [0.15, 0.2) is 30.9 Å². The number of hydrogen-bond acceptors (Lipinski definition) is 5. The molecular formula is C18H23F2N3O3. The maximum Gasteiger partial charge on any atom is 0.340 e. The normalized spacial score (nSPS) is 15.0. The molecule has 0 atom stereocenters. The van der Waals surface area contributed by atoms with Crippen LogP contribution in [-0.4, -0.2) is 62.5 Å². The monoisotopic (exact) mass is 367 g/mol. The van der Waals surface area contributed by atoms with Crippen LogP contribution in [-0.2, 0) is 9.53 Å². The highest BCUT2D eigenvalue weighted by molar-refractivity contribution is 6.05. The van der Waals surface area contributed by atoms with Crippen LogP contribution in [0.25, 0.3) is 0 Å². The SMILES string of the molecule is C=CC(=O)Nc1cc(N2CCN(CC(F)F)CC2)ccc1C(=O)OCC. The number of carbonyl (C=O) groups is 2. The van der Waals surface area contributed by atoms with E-state index in [0.717, 1.165) is 11.8 Å². The van der Waals surface area contributed by atoms with E-state index in [4.69, 9.17) is 4.74 Å². The highest BCUT2D eigenvalue weighted by Gasteiger charge is 2.21. The molecule has 0 saturated carbocycles. The van der Waals surface area contributed by atoms with Crippen molar-refractivity contribution in [2.75, 3.05) is 49.5 Å². The lowest BCUT2D eigenvalue weighted by Crippen LogP contribution is -2.47. The Morgan fingerprint density at radius 3 is 2.58 bits per heavy atom. The lowest BCUT2D eigenvalue weighted by atomic mass is 10.1. The van der Waals surface area contributed by atoms with Crippen LogP contribution in [0, 0.1) is 0 Å². The van der Waals surface area contributed by atoms with Crippen molar-refractivity contribution in [3.63, 3.8) is 0 Å². The molecule has 1 aromatic rings. The van der Waals surface area contributed by atoms with E-state index in [-0.39, 0.29) is 18.7 Å². The van der Waals surface area contributed by atoms with Gasteiger partial charge < -0.3 is 15.0 Å². The first kappa shape index (κ1) is 19.8. The van der Waals surface area contributed by atoms with Gasteiger partial charge in [0.15, 0.2) is 0 Å². The number of nitrogens with zero attached hydrogens (tertiary/aromatic N) is 2. The average Bonchev–Trinajstić information content (AvgIpc) is 2.62. The number of halogens is 2. The molecule has 0 bridgehead atoms. The lowest BCUT2D eigenvalue weighted by molar-refractivity contribution is -0.111. The number of nitrogens with one attached hydrogen (secondary N) is 1. The molecule has 1 fully saturated rings. The third-order valence-electron chi connectivity index (χ3n) is 4.08. The second-order valence-electron chi connectivity index (χ2n) is 5.82. The highest BCUT2D eigenvalue weighted by Crippen LogP contribution is 2.26. The number of piperazine rings is 1. The predicted molar refractivity (Wildman–Crippen MR) is 95.9 cm³/mol. The van der Waals surface area contributed by atoms with Crippen LogP contribution in [0.2, 0.25) is 0 Å². The lowest BCUT2D eigenvalue weighted by Gasteiger charge is -2.36. The van der Waals surface area contributed by atoms with E-state index in [0.29, 0.717) is 31.9 Å². The Hall–Kier alpha value is -2.48. The van der Waals surface area contributed by atoms with Crippen molar-refractivity contribution >= 4 is 23.3 Å². The summed E-state index contributed by atoms with van der Waals surface area (Å²) in [5.41, 5.74) is 1.39. The Morgan fingerprint density at radius 1 is 1.31 bits per heavy atom. The van der Waals surface area contributed by atoms with Crippen molar-refractivity contribution in [3.05, 3.63) is 36.4 Å². The van der Waals surface area contributed by atoms with Crippen LogP contribution < -0.4 is 10.2 Å². The fourth-order valence-corrected chi connectivity index (χ4v) is 2.79. The smallest absolute Gasteiger partial charge is 0.340 e. The molecule has 142 valence electrons. The molecule has 6 nitrogen and oxygen atoms in total. The molecule has 1 amide bonds. The Bertz CT molecular complexity index is 659. The van der Waals surface area contributed by atoms with Gasteiger partial charge in [0.2, 0.25) is 5.91 Å². The minimum absolute atomic E-state index is 0.224. The molecule has 0 unspecified atom stereocenters. The van der Waals surface area contributed by atoms with E-state index < -0.39 is 18.3 Å². The van der Waals surface area contributed by atoms with Gasteiger partial charge in [0.05, 0.1) is 24.4 Å². The number of hydrogen-bond donors (Lipinski definition) is 1. The fraction of sp³-hybridized carbons (Fsp3) is 0.444. The molecule has 1 heterocycles. The van der Waals surface area contributed by atoms with Gasteiger partial charge in [-0.2, -0.15) is 0 Å². The summed E-state index contributed by atoms with van der Waals surface area (Å²) in [5, 5.41) is 2.62. The van der Waals surface area contributed by atoms with Gasteiger partial charge in [-0.3, -0.25) is 9.69 Å². The van der Waals surface area contributed by atoms with E-state index in [1.54, 1.807) is 30.0 Å². The van der Waals surface area contributed by atoms with Crippen molar-refractivity contribution in [2.24, 2.45) is 0 Å². The van der Waals surface area contributed by atoms with Crippen LogP contribution in [0.3, 0.4) is 0 Å². The molecule has 1 aliphatic rings. The van der Waals surface area contributed by atoms with Gasteiger partial charge in [0.25, 0.3) is 6.43 Å². The second kappa shape index (κ2) is 9.28. The van der Waals surface area contributed by atoms with Gasteiger partial charge in [-0.25, -0.2) is 13.6 Å². The topological polar surface area (TPSA) is 61.9 Å². The van der Waals surface area contributed by atoms with E-state index in [9.17, 15) is 18.4 Å². The molecule has 1 saturated heterocycles. The summed E-state index contributed by atoms with van der Waals surface area (Å²) in [4.78, 5) is 27.5. The highest BCUT2D eigenvalue weighted by atomic mass is 19.3. The predicted octanol–water partition coefficient (Wildman–Crippen LogP) is 2.37. The molecule has 2 rings (SSSR count). The number of anilines is 2. The van der Waals surface area contributed by atoms with Crippen LogP contribution in [0.5, 0.6) is 0 Å². The summed E-state index contributed by atoms with van der Waals surface area (Å²) >= 11 is 0. The van der Waals surface area contributed by atoms with Gasteiger partial charge in [-0.05, 0) is 31.2 Å². The minimum Gasteiger partial charge on any atom is -0.462 e. The minimum atomic E-state index is -2.34. The van der Waals surface area contributed by atoms with E-state index in [1.807, 2.05) is 4.90 Å². The Labute approximate surface area is 151 Å². The first-order valence-electron chi connectivity index (χ1n) is 8.44. The van der Waals surface area contributed by atoms with Crippen molar-refractivity contribution < 1.29 is 23.1 Å². The molecule has 0 radical (unpaired) electrons. The number of benzene rings is 1. The summed E-state index contributed by atoms with van der Waals surface area (Å²) in [6.45, 7) is 7.33. The van der Waals surface area contributed by atoms with Gasteiger partial charge >= 0.3 is 5.97 Å². The maximum absolute atomic E-state index is 12.5. The number of alkyl halides is 2. The number of esters is 1. The molecular weight excluding hydrogens is 344 g/mol. The van der Waals surface area contributed by atoms with Crippen molar-refractivity contribution in [1.82, 2.24) is 4.90 Å². The zero-order chi connectivity index (χ0) is 19.1. The first-order valence-corrected chi connectivity index (χ1v) is 8.44. The first-order chi connectivity index (χ1) is 12.4. The van der Waals surface area contributed by atoms with Gasteiger partial charge in [-0.15, -0.1) is 0 Å². The largest absolute Gasteiger partial charge is 0.462 e. The zero-order valence-corrected chi connectivity index (χ0v) is 14.7. The van der Waals surface area contributed by atoms with Crippen molar-refractivity contribution in [1.29, 1.82) is 0 Å². The number of rotatable bonds is 7. The standard InChI is InChI=1S/C18H23F2N3O3/c1-3-17(24)21-15-11-13(5-6-14(15)18(25)26-4-2)23-9-7-22(8-10-23)12-16(19)20/h3,5-6,11,16H,1,4,7-10,12H2,2H3,(H,21,24). The molecule has 0 aromatic heterocycles. The Balaban J connectivity index is 2.17. The molecule has 1 N–H and O–H groups in total. The van der Waals surface area contributed by atoms with Gasteiger partial charge in [0.1, 0.15) is 0 Å². The van der Waals surface area contributed by atoms with Gasteiger partial charge in [0, 0.05) is 31.9 Å². The average molecular weight is 367 g/mol. The quantitative estimate of drug-likeness (QED) is 0.592. The summed E-state index contributed by atoms with van der Waals surface area (Å²) in [6, 6.07) is 5.05. The Kier molecular flexibility index (Phi) is 7.08. The van der Waals surface area contributed by atoms with Crippen molar-refractivity contribution in [2.45, 2.75) is 13.3 Å². The van der Waals surface area contributed by atoms with Gasteiger partial charge in [-0.1, -0.05) is 6.58 Å². The molecule has 1 aliphatic heterocycles. The van der Waals surface area contributed by atoms with E-state index in [1.165, 1.54) is 0 Å². The van der Waals surface area contributed by atoms with Crippen LogP contribution in [0.4, 0.5) is 20.2 Å². The third-order valence-corrected chi connectivity index (χ3v) is 4.08. The molecule has 0 aliphatic carbocycles. The summed E-state index contributed by atoms with van der Waals surface area (Å²) in [5.74, 6) is -0.963. The fourth-order valence-electron chi connectivity index (χ4n) is 2.79. The summed E-state index contributed by atoms with van der Waals surface area (Å²) < 4.78 is 30.0. The van der Waals surface area contributed by atoms with Crippen LogP contribution in [0.1, 0.15) is 17.3 Å². The number of ether oxygens (including phenoxy) is 1. The number of amides is 1. The Morgan fingerprint density at radius 2 is 2.00 bits per heavy atom.